The molecule has 1 heterocycles. The maximum absolute atomic E-state index is 5.60. The molecule has 0 radical (unpaired) electrons. The highest BCUT2D eigenvalue weighted by Crippen LogP contribution is 2.21. The molecule has 0 bridgehead atoms. The summed E-state index contributed by atoms with van der Waals surface area (Å²) in [5, 5.41) is 7.83. The Kier molecular flexibility index (Phi) is 3.10. The molecule has 0 amide bonds. The summed E-state index contributed by atoms with van der Waals surface area (Å²) in [5.41, 5.74) is 6.25. The summed E-state index contributed by atoms with van der Waals surface area (Å²) in [4.78, 5) is 0. The van der Waals surface area contributed by atoms with Crippen molar-refractivity contribution in [2.45, 2.75) is 38.5 Å². The molecule has 5 nitrogen and oxygen atoms in total. The van der Waals surface area contributed by atoms with Crippen LogP contribution in [0.4, 0.5) is 0 Å². The molecule has 1 saturated carbocycles. The van der Waals surface area contributed by atoms with Crippen LogP contribution < -0.4 is 5.73 Å². The standard InChI is InChI=1S/C9H16N4O/c10-6-8-7-13(12-11-8)4-5-14-9-2-1-3-9/h7,9H,1-6,10H2. The quantitative estimate of drug-likeness (QED) is 0.735. The number of nitrogens with two attached hydrogens (primary N) is 1. The third-order valence-electron chi connectivity index (χ3n) is 2.52. The second-order valence-corrected chi connectivity index (χ2v) is 3.60. The van der Waals surface area contributed by atoms with Crippen molar-refractivity contribution in [2.75, 3.05) is 6.61 Å². The van der Waals surface area contributed by atoms with E-state index in [9.17, 15) is 0 Å². The molecule has 1 aromatic rings. The zero-order chi connectivity index (χ0) is 9.80. The Balaban J connectivity index is 1.68. The van der Waals surface area contributed by atoms with Gasteiger partial charge in [0.2, 0.25) is 0 Å². The van der Waals surface area contributed by atoms with Gasteiger partial charge in [0.25, 0.3) is 0 Å². The number of hydrogen-bond donors (Lipinski definition) is 1. The van der Waals surface area contributed by atoms with Crippen molar-refractivity contribution >= 4 is 0 Å². The molecular formula is C9H16N4O. The van der Waals surface area contributed by atoms with Gasteiger partial charge < -0.3 is 10.5 Å². The van der Waals surface area contributed by atoms with Crippen molar-refractivity contribution in [1.29, 1.82) is 0 Å². The van der Waals surface area contributed by atoms with Gasteiger partial charge in [-0.1, -0.05) is 5.21 Å². The van der Waals surface area contributed by atoms with Crippen LogP contribution in [0.1, 0.15) is 25.0 Å². The molecule has 0 saturated heterocycles. The van der Waals surface area contributed by atoms with E-state index >= 15 is 0 Å². The first kappa shape index (κ1) is 9.61. The van der Waals surface area contributed by atoms with Gasteiger partial charge in [0, 0.05) is 12.7 Å². The molecule has 0 spiro atoms. The first-order chi connectivity index (χ1) is 6.88. The predicted octanol–water partition coefficient (Wildman–Crippen LogP) is 0.306. The second-order valence-electron chi connectivity index (χ2n) is 3.60. The van der Waals surface area contributed by atoms with Crippen LogP contribution in [0.2, 0.25) is 0 Å². The summed E-state index contributed by atoms with van der Waals surface area (Å²) in [6.07, 6.45) is 6.10. The summed E-state index contributed by atoms with van der Waals surface area (Å²) >= 11 is 0. The number of hydrogen-bond acceptors (Lipinski definition) is 4. The monoisotopic (exact) mass is 196 g/mol. The van der Waals surface area contributed by atoms with Crippen LogP contribution in [0.25, 0.3) is 0 Å². The van der Waals surface area contributed by atoms with Crippen molar-refractivity contribution in [2.24, 2.45) is 5.73 Å². The molecule has 78 valence electrons. The minimum absolute atomic E-state index is 0.448. The summed E-state index contributed by atoms with van der Waals surface area (Å²) in [6, 6.07) is 0. The van der Waals surface area contributed by atoms with Crippen LogP contribution in [-0.2, 0) is 17.8 Å². The van der Waals surface area contributed by atoms with E-state index in [2.05, 4.69) is 10.3 Å². The van der Waals surface area contributed by atoms with Crippen LogP contribution in [0.15, 0.2) is 6.20 Å². The number of rotatable bonds is 5. The molecule has 0 aromatic carbocycles. The molecule has 5 heteroatoms. The lowest BCUT2D eigenvalue weighted by Crippen LogP contribution is -2.23. The fourth-order valence-electron chi connectivity index (χ4n) is 1.39. The molecule has 1 fully saturated rings. The molecular weight excluding hydrogens is 180 g/mol. The molecule has 14 heavy (non-hydrogen) atoms. The second kappa shape index (κ2) is 4.52. The van der Waals surface area contributed by atoms with E-state index in [1.807, 2.05) is 6.20 Å². The maximum Gasteiger partial charge on any atom is 0.0962 e. The van der Waals surface area contributed by atoms with E-state index in [1.54, 1.807) is 4.68 Å². The molecule has 0 atom stereocenters. The first-order valence-corrected chi connectivity index (χ1v) is 5.09. The highest BCUT2D eigenvalue weighted by atomic mass is 16.5. The molecule has 2 rings (SSSR count). The SMILES string of the molecule is NCc1cn(CCOC2CCC2)nn1. The largest absolute Gasteiger partial charge is 0.376 e. The third-order valence-corrected chi connectivity index (χ3v) is 2.52. The Bertz CT molecular complexity index is 282. The van der Waals surface area contributed by atoms with Crippen LogP contribution in [0, 0.1) is 0 Å². The van der Waals surface area contributed by atoms with Crippen LogP contribution in [0.5, 0.6) is 0 Å². The summed E-state index contributed by atoms with van der Waals surface area (Å²) < 4.78 is 7.38. The van der Waals surface area contributed by atoms with Gasteiger partial charge in [0.05, 0.1) is 24.9 Å². The topological polar surface area (TPSA) is 66.0 Å². The Morgan fingerprint density at radius 3 is 3.00 bits per heavy atom. The van der Waals surface area contributed by atoms with Gasteiger partial charge >= 0.3 is 0 Å². The Hall–Kier alpha value is -0.940. The summed E-state index contributed by atoms with van der Waals surface area (Å²) in [6.45, 7) is 1.94. The van der Waals surface area contributed by atoms with Crippen LogP contribution in [0.3, 0.4) is 0 Å². The highest BCUT2D eigenvalue weighted by molar-refractivity contribution is 4.90. The van der Waals surface area contributed by atoms with Gasteiger partial charge in [0.1, 0.15) is 0 Å². The lowest BCUT2D eigenvalue weighted by atomic mass is 9.96. The fourth-order valence-corrected chi connectivity index (χ4v) is 1.39. The average molecular weight is 196 g/mol. The first-order valence-electron chi connectivity index (χ1n) is 5.09. The fraction of sp³-hybridized carbons (Fsp3) is 0.778. The third kappa shape index (κ3) is 2.30. The van der Waals surface area contributed by atoms with Gasteiger partial charge in [-0.3, -0.25) is 0 Å². The average Bonchev–Trinajstić information content (AvgIpc) is 2.57. The van der Waals surface area contributed by atoms with Gasteiger partial charge in [-0.15, -0.1) is 5.10 Å². The van der Waals surface area contributed by atoms with Gasteiger partial charge in [-0.2, -0.15) is 0 Å². The lowest BCUT2D eigenvalue weighted by Gasteiger charge is -2.25. The minimum Gasteiger partial charge on any atom is -0.376 e. The van der Waals surface area contributed by atoms with Gasteiger partial charge in [-0.05, 0) is 19.3 Å². The molecule has 0 unspecified atom stereocenters. The lowest BCUT2D eigenvalue weighted by molar-refractivity contribution is -0.00249. The number of ether oxygens (including phenoxy) is 1. The van der Waals surface area contributed by atoms with Crippen molar-refractivity contribution in [3.05, 3.63) is 11.9 Å². The van der Waals surface area contributed by atoms with Crippen LogP contribution >= 0.6 is 0 Å². The van der Waals surface area contributed by atoms with Gasteiger partial charge in [0.15, 0.2) is 0 Å². The Morgan fingerprint density at radius 1 is 1.57 bits per heavy atom. The smallest absolute Gasteiger partial charge is 0.0962 e. The molecule has 1 aliphatic rings. The highest BCUT2D eigenvalue weighted by Gasteiger charge is 2.17. The summed E-state index contributed by atoms with van der Waals surface area (Å²) in [5.74, 6) is 0. The Labute approximate surface area is 83.2 Å². The van der Waals surface area contributed by atoms with E-state index in [0.29, 0.717) is 12.6 Å². The van der Waals surface area contributed by atoms with Crippen LogP contribution in [-0.4, -0.2) is 27.7 Å². The predicted molar refractivity (Wildman–Crippen MR) is 51.5 cm³/mol. The zero-order valence-electron chi connectivity index (χ0n) is 8.22. The van der Waals surface area contributed by atoms with Crippen molar-refractivity contribution in [3.8, 4) is 0 Å². The maximum atomic E-state index is 5.60. The molecule has 1 aliphatic carbocycles. The van der Waals surface area contributed by atoms with Crippen molar-refractivity contribution in [3.63, 3.8) is 0 Å². The van der Waals surface area contributed by atoms with E-state index in [1.165, 1.54) is 19.3 Å². The van der Waals surface area contributed by atoms with E-state index in [4.69, 9.17) is 10.5 Å². The molecule has 2 N–H and O–H groups in total. The zero-order valence-corrected chi connectivity index (χ0v) is 8.22. The molecule has 1 aromatic heterocycles. The minimum atomic E-state index is 0.448. The van der Waals surface area contributed by atoms with Gasteiger partial charge in [-0.25, -0.2) is 4.68 Å². The van der Waals surface area contributed by atoms with Crippen molar-refractivity contribution < 1.29 is 4.74 Å². The summed E-state index contributed by atoms with van der Waals surface area (Å²) in [7, 11) is 0. The Morgan fingerprint density at radius 2 is 2.43 bits per heavy atom. The van der Waals surface area contributed by atoms with E-state index in [-0.39, 0.29) is 0 Å². The molecule has 0 aliphatic heterocycles. The van der Waals surface area contributed by atoms with Crippen molar-refractivity contribution in [1.82, 2.24) is 15.0 Å². The number of nitrogens with zero attached hydrogens (tertiary/aromatic N) is 3. The van der Waals surface area contributed by atoms with E-state index in [0.717, 1.165) is 18.8 Å². The normalized spacial score (nSPS) is 16.9. The van der Waals surface area contributed by atoms with E-state index < -0.39 is 0 Å². The number of aromatic nitrogens is 3.